The molecule has 0 aliphatic heterocycles. The van der Waals surface area contributed by atoms with Gasteiger partial charge in [0.05, 0.1) is 6.42 Å². The molecule has 1 fully saturated rings. The van der Waals surface area contributed by atoms with Gasteiger partial charge in [0.25, 0.3) is 0 Å². The van der Waals surface area contributed by atoms with E-state index in [1.165, 1.54) is 6.42 Å². The van der Waals surface area contributed by atoms with Gasteiger partial charge in [-0.15, -0.1) is 0 Å². The highest BCUT2D eigenvalue weighted by atomic mass is 16.4. The molecule has 1 aliphatic carbocycles. The van der Waals surface area contributed by atoms with Crippen LogP contribution in [0.3, 0.4) is 0 Å². The molecule has 2 amide bonds. The number of unbranched alkanes of at least 4 members (excludes halogenated alkanes) is 2. The van der Waals surface area contributed by atoms with Crippen molar-refractivity contribution in [1.29, 1.82) is 0 Å². The lowest BCUT2D eigenvalue weighted by Gasteiger charge is -2.36. The van der Waals surface area contributed by atoms with E-state index in [4.69, 9.17) is 5.11 Å². The van der Waals surface area contributed by atoms with Gasteiger partial charge in [0, 0.05) is 13.1 Å². The van der Waals surface area contributed by atoms with Crippen molar-refractivity contribution < 1.29 is 14.7 Å². The van der Waals surface area contributed by atoms with E-state index in [1.807, 2.05) is 0 Å². The lowest BCUT2D eigenvalue weighted by Crippen LogP contribution is -2.44. The van der Waals surface area contributed by atoms with Crippen molar-refractivity contribution in [2.75, 3.05) is 13.1 Å². The van der Waals surface area contributed by atoms with E-state index < -0.39 is 5.97 Å². The maximum atomic E-state index is 11.7. The van der Waals surface area contributed by atoms with Crippen LogP contribution in [0, 0.1) is 5.41 Å². The fourth-order valence-corrected chi connectivity index (χ4v) is 2.95. The Morgan fingerprint density at radius 1 is 1.10 bits per heavy atom. The van der Waals surface area contributed by atoms with Crippen LogP contribution in [0.15, 0.2) is 0 Å². The minimum atomic E-state index is -0.767. The Morgan fingerprint density at radius 3 is 2.40 bits per heavy atom. The molecule has 0 aromatic rings. The summed E-state index contributed by atoms with van der Waals surface area (Å²) in [6, 6.07) is -0.170. The molecular formula is C15H28N2O3. The Kier molecular flexibility index (Phi) is 7.41. The fraction of sp³-hybridized carbons (Fsp3) is 0.867. The normalized spacial score (nSPS) is 17.4. The Hall–Kier alpha value is -1.26. The van der Waals surface area contributed by atoms with E-state index in [-0.39, 0.29) is 17.9 Å². The maximum Gasteiger partial charge on any atom is 0.314 e. The molecule has 0 unspecified atom stereocenters. The smallest absolute Gasteiger partial charge is 0.314 e. The molecule has 0 aromatic carbocycles. The molecule has 0 atom stereocenters. The molecular weight excluding hydrogens is 256 g/mol. The Balaban J connectivity index is 2.34. The van der Waals surface area contributed by atoms with Crippen LogP contribution in [0.2, 0.25) is 0 Å². The molecule has 0 radical (unpaired) electrons. The number of hydrogen-bond acceptors (Lipinski definition) is 2. The van der Waals surface area contributed by atoms with Crippen molar-refractivity contribution in [3.8, 4) is 0 Å². The largest absolute Gasteiger partial charge is 0.481 e. The summed E-state index contributed by atoms with van der Waals surface area (Å²) >= 11 is 0. The third-order valence-corrected chi connectivity index (χ3v) is 4.13. The standard InChI is InChI=1S/C15H28N2O3/c1-2-3-7-10-16-14(20)17-12-15(11-13(18)19)8-5-4-6-9-15/h2-12H2,1H3,(H,18,19)(H2,16,17,20). The number of hydrogen-bond donors (Lipinski definition) is 3. The van der Waals surface area contributed by atoms with Gasteiger partial charge in [-0.25, -0.2) is 4.79 Å². The fourth-order valence-electron chi connectivity index (χ4n) is 2.95. The summed E-state index contributed by atoms with van der Waals surface area (Å²) in [7, 11) is 0. The van der Waals surface area contributed by atoms with Gasteiger partial charge in [-0.2, -0.15) is 0 Å². The van der Waals surface area contributed by atoms with Crippen LogP contribution in [0.4, 0.5) is 4.79 Å². The van der Waals surface area contributed by atoms with Gasteiger partial charge in [-0.1, -0.05) is 39.0 Å². The summed E-state index contributed by atoms with van der Waals surface area (Å²) in [5.74, 6) is -0.767. The molecule has 5 heteroatoms. The van der Waals surface area contributed by atoms with Crippen molar-refractivity contribution >= 4 is 12.0 Å². The molecule has 0 aromatic heterocycles. The highest BCUT2D eigenvalue weighted by molar-refractivity contribution is 5.74. The van der Waals surface area contributed by atoms with Crippen LogP contribution in [0.25, 0.3) is 0 Å². The number of nitrogens with one attached hydrogen (secondary N) is 2. The zero-order valence-corrected chi connectivity index (χ0v) is 12.5. The van der Waals surface area contributed by atoms with Crippen molar-refractivity contribution in [3.05, 3.63) is 0 Å². The first kappa shape index (κ1) is 16.8. The van der Waals surface area contributed by atoms with Crippen molar-refractivity contribution in [3.63, 3.8) is 0 Å². The summed E-state index contributed by atoms with van der Waals surface area (Å²) in [6.07, 6.45) is 8.48. The number of carbonyl (C=O) groups excluding carboxylic acids is 1. The van der Waals surface area contributed by atoms with Gasteiger partial charge in [-0.3, -0.25) is 4.79 Å². The molecule has 1 aliphatic rings. The summed E-state index contributed by atoms with van der Waals surface area (Å²) in [5, 5.41) is 14.8. The predicted molar refractivity (Wildman–Crippen MR) is 78.7 cm³/mol. The van der Waals surface area contributed by atoms with Gasteiger partial charge >= 0.3 is 12.0 Å². The minimum Gasteiger partial charge on any atom is -0.481 e. The molecule has 5 nitrogen and oxygen atoms in total. The Labute approximate surface area is 121 Å². The Morgan fingerprint density at radius 2 is 1.80 bits per heavy atom. The van der Waals surface area contributed by atoms with Crippen LogP contribution in [0.5, 0.6) is 0 Å². The van der Waals surface area contributed by atoms with Gasteiger partial charge in [0.15, 0.2) is 0 Å². The highest BCUT2D eigenvalue weighted by Crippen LogP contribution is 2.38. The molecule has 1 saturated carbocycles. The predicted octanol–water partition coefficient (Wildman–Crippen LogP) is 2.90. The zero-order valence-electron chi connectivity index (χ0n) is 12.5. The number of rotatable bonds is 8. The maximum absolute atomic E-state index is 11.7. The molecule has 0 heterocycles. The van der Waals surface area contributed by atoms with Crippen LogP contribution < -0.4 is 10.6 Å². The number of carboxylic acids is 1. The quantitative estimate of drug-likeness (QED) is 0.600. The molecule has 0 bridgehead atoms. The van der Waals surface area contributed by atoms with Crippen LogP contribution in [-0.2, 0) is 4.79 Å². The van der Waals surface area contributed by atoms with E-state index in [9.17, 15) is 9.59 Å². The summed E-state index contributed by atoms with van der Waals surface area (Å²) < 4.78 is 0. The van der Waals surface area contributed by atoms with Gasteiger partial charge in [0.1, 0.15) is 0 Å². The molecule has 3 N–H and O–H groups in total. The SMILES string of the molecule is CCCCCNC(=O)NCC1(CC(=O)O)CCCCC1. The monoisotopic (exact) mass is 284 g/mol. The van der Waals surface area contributed by atoms with Crippen LogP contribution in [-0.4, -0.2) is 30.2 Å². The second-order valence-corrected chi connectivity index (χ2v) is 5.95. The average molecular weight is 284 g/mol. The second kappa shape index (κ2) is 8.82. The number of aliphatic carboxylic acids is 1. The average Bonchev–Trinajstić information content (AvgIpc) is 2.42. The summed E-state index contributed by atoms with van der Waals surface area (Å²) in [4.78, 5) is 22.7. The van der Waals surface area contributed by atoms with E-state index in [0.29, 0.717) is 13.1 Å². The number of urea groups is 1. The third-order valence-electron chi connectivity index (χ3n) is 4.13. The van der Waals surface area contributed by atoms with E-state index in [2.05, 4.69) is 17.6 Å². The van der Waals surface area contributed by atoms with Crippen molar-refractivity contribution in [2.24, 2.45) is 5.41 Å². The molecule has 116 valence electrons. The van der Waals surface area contributed by atoms with Crippen molar-refractivity contribution in [2.45, 2.75) is 64.7 Å². The molecule has 0 spiro atoms. The second-order valence-electron chi connectivity index (χ2n) is 5.95. The van der Waals surface area contributed by atoms with Crippen LogP contribution in [0.1, 0.15) is 64.7 Å². The van der Waals surface area contributed by atoms with E-state index in [0.717, 1.165) is 44.9 Å². The van der Waals surface area contributed by atoms with E-state index in [1.54, 1.807) is 0 Å². The van der Waals surface area contributed by atoms with E-state index >= 15 is 0 Å². The number of carboxylic acid groups (broad SMARTS) is 1. The molecule has 20 heavy (non-hydrogen) atoms. The van der Waals surface area contributed by atoms with Crippen LogP contribution >= 0.6 is 0 Å². The summed E-state index contributed by atoms with van der Waals surface area (Å²) in [5.41, 5.74) is -0.245. The Bertz CT molecular complexity index is 312. The molecule has 0 saturated heterocycles. The van der Waals surface area contributed by atoms with Gasteiger partial charge < -0.3 is 15.7 Å². The number of carbonyl (C=O) groups is 2. The number of amides is 2. The molecule has 1 rings (SSSR count). The first-order valence-corrected chi connectivity index (χ1v) is 7.81. The lowest BCUT2D eigenvalue weighted by molar-refractivity contribution is -0.140. The highest BCUT2D eigenvalue weighted by Gasteiger charge is 2.34. The zero-order chi connectivity index (χ0) is 14.8. The van der Waals surface area contributed by atoms with Crippen molar-refractivity contribution in [1.82, 2.24) is 10.6 Å². The first-order chi connectivity index (χ1) is 9.58. The first-order valence-electron chi connectivity index (χ1n) is 7.81. The minimum absolute atomic E-state index is 0.156. The summed E-state index contributed by atoms with van der Waals surface area (Å²) in [6.45, 7) is 3.28. The van der Waals surface area contributed by atoms with Gasteiger partial charge in [0.2, 0.25) is 0 Å². The lowest BCUT2D eigenvalue weighted by atomic mass is 9.72. The van der Waals surface area contributed by atoms with Gasteiger partial charge in [-0.05, 0) is 24.7 Å². The topological polar surface area (TPSA) is 78.4 Å². The third kappa shape index (κ3) is 6.26.